The Morgan fingerprint density at radius 2 is 2.05 bits per heavy atom. The van der Waals surface area contributed by atoms with Gasteiger partial charge in [0, 0.05) is 17.0 Å². The molecule has 0 amide bonds. The summed E-state index contributed by atoms with van der Waals surface area (Å²) < 4.78 is 5.80. The third-order valence-corrected chi connectivity index (χ3v) is 3.87. The molecule has 3 nitrogen and oxygen atoms in total. The highest BCUT2D eigenvalue weighted by Gasteiger charge is 2.17. The van der Waals surface area contributed by atoms with Crippen LogP contribution < -0.4 is 0 Å². The van der Waals surface area contributed by atoms with E-state index in [0.29, 0.717) is 5.88 Å². The molecule has 20 heavy (non-hydrogen) atoms. The Kier molecular flexibility index (Phi) is 3.91. The number of furan rings is 1. The first-order valence-electron chi connectivity index (χ1n) is 6.36. The molecule has 0 bridgehead atoms. The first kappa shape index (κ1) is 14.7. The van der Waals surface area contributed by atoms with Crippen LogP contribution in [0.4, 0.5) is 0 Å². The number of carbonyl (C=O) groups is 1. The highest BCUT2D eigenvalue weighted by molar-refractivity contribution is 6.18. The molecule has 2 aromatic rings. The monoisotopic (exact) mass is 292 g/mol. The van der Waals surface area contributed by atoms with Crippen LogP contribution in [0.2, 0.25) is 0 Å². The Bertz CT molecular complexity index is 723. The van der Waals surface area contributed by atoms with E-state index < -0.39 is 5.97 Å². The van der Waals surface area contributed by atoms with Crippen LogP contribution in [0.25, 0.3) is 16.5 Å². The number of benzene rings is 1. The predicted octanol–water partition coefficient (Wildman–Crippen LogP) is 4.58. The molecular formula is C16H17ClO3. The Hall–Kier alpha value is -1.74. The number of halogens is 1. The minimum absolute atomic E-state index is 0.379. The lowest BCUT2D eigenvalue weighted by atomic mass is 9.94. The van der Waals surface area contributed by atoms with E-state index in [-0.39, 0.29) is 0 Å². The molecule has 0 aliphatic carbocycles. The van der Waals surface area contributed by atoms with Crippen LogP contribution in [-0.2, 0) is 10.7 Å². The van der Waals surface area contributed by atoms with Crippen molar-refractivity contribution in [1.82, 2.24) is 0 Å². The van der Waals surface area contributed by atoms with Gasteiger partial charge >= 0.3 is 5.97 Å². The number of carboxylic acid groups (broad SMARTS) is 1. The number of carboxylic acids is 1. The van der Waals surface area contributed by atoms with E-state index in [4.69, 9.17) is 21.1 Å². The van der Waals surface area contributed by atoms with Gasteiger partial charge in [-0.25, -0.2) is 4.79 Å². The van der Waals surface area contributed by atoms with Crippen LogP contribution in [0, 0.1) is 20.8 Å². The van der Waals surface area contributed by atoms with Crippen LogP contribution in [0.5, 0.6) is 0 Å². The number of hydrogen-bond acceptors (Lipinski definition) is 2. The molecule has 0 atom stereocenters. The van der Waals surface area contributed by atoms with Crippen molar-refractivity contribution in [3.63, 3.8) is 0 Å². The van der Waals surface area contributed by atoms with Crippen molar-refractivity contribution in [1.29, 1.82) is 0 Å². The zero-order valence-corrected chi connectivity index (χ0v) is 12.8. The van der Waals surface area contributed by atoms with Crippen molar-refractivity contribution in [3.8, 4) is 0 Å². The van der Waals surface area contributed by atoms with Crippen LogP contribution in [-0.4, -0.2) is 11.1 Å². The molecule has 1 N–H and O–H groups in total. The molecule has 2 rings (SSSR count). The van der Waals surface area contributed by atoms with Crippen molar-refractivity contribution >= 4 is 34.1 Å². The Labute approximate surface area is 122 Å². The molecule has 0 saturated carbocycles. The van der Waals surface area contributed by atoms with Gasteiger partial charge in [-0.15, -0.1) is 11.6 Å². The molecule has 0 unspecified atom stereocenters. The number of fused-ring (bicyclic) bond motifs is 1. The van der Waals surface area contributed by atoms with Crippen LogP contribution in [0.15, 0.2) is 16.6 Å². The van der Waals surface area contributed by atoms with Gasteiger partial charge in [-0.2, -0.15) is 0 Å². The van der Waals surface area contributed by atoms with E-state index in [1.807, 2.05) is 26.8 Å². The van der Waals surface area contributed by atoms with Gasteiger partial charge in [-0.3, -0.25) is 0 Å². The third-order valence-electron chi connectivity index (χ3n) is 3.61. The average Bonchev–Trinajstić information content (AvgIpc) is 2.70. The fourth-order valence-electron chi connectivity index (χ4n) is 2.61. The first-order valence-corrected chi connectivity index (χ1v) is 6.90. The number of hydrogen-bond donors (Lipinski definition) is 1. The van der Waals surface area contributed by atoms with Gasteiger partial charge in [0.15, 0.2) is 0 Å². The largest absolute Gasteiger partial charge is 0.478 e. The molecule has 106 valence electrons. The second-order valence-corrected chi connectivity index (χ2v) is 5.27. The molecule has 0 spiro atoms. The summed E-state index contributed by atoms with van der Waals surface area (Å²) in [5.74, 6) is 0.253. The van der Waals surface area contributed by atoms with E-state index in [2.05, 4.69) is 0 Å². The highest BCUT2D eigenvalue weighted by atomic mass is 35.5. The molecule has 1 aromatic carbocycles. The van der Waals surface area contributed by atoms with Gasteiger partial charge in [-0.05, 0) is 56.0 Å². The van der Waals surface area contributed by atoms with Gasteiger partial charge < -0.3 is 9.52 Å². The van der Waals surface area contributed by atoms with Gasteiger partial charge in [-0.1, -0.05) is 0 Å². The molecule has 1 aromatic heterocycles. The minimum Gasteiger partial charge on any atom is -0.478 e. The maximum absolute atomic E-state index is 10.9. The predicted molar refractivity (Wildman–Crippen MR) is 81.3 cm³/mol. The molecule has 0 aliphatic heterocycles. The van der Waals surface area contributed by atoms with Gasteiger partial charge in [0.05, 0.1) is 5.88 Å². The summed E-state index contributed by atoms with van der Waals surface area (Å²) >= 11 is 6.02. The van der Waals surface area contributed by atoms with E-state index in [1.54, 1.807) is 6.92 Å². The number of allylic oxidation sites excluding steroid dienone is 1. The van der Waals surface area contributed by atoms with Gasteiger partial charge in [0.25, 0.3) is 0 Å². The fourth-order valence-corrected chi connectivity index (χ4v) is 2.93. The summed E-state index contributed by atoms with van der Waals surface area (Å²) in [5.41, 5.74) is 5.45. The number of alkyl halides is 1. The summed E-state index contributed by atoms with van der Waals surface area (Å²) in [4.78, 5) is 10.9. The molecule has 0 radical (unpaired) electrons. The number of aryl methyl sites for hydroxylation is 3. The van der Waals surface area contributed by atoms with Gasteiger partial charge in [0.1, 0.15) is 11.3 Å². The van der Waals surface area contributed by atoms with E-state index in [9.17, 15) is 4.79 Å². The van der Waals surface area contributed by atoms with Gasteiger partial charge in [0.2, 0.25) is 0 Å². The lowest BCUT2D eigenvalue weighted by molar-refractivity contribution is -0.131. The first-order chi connectivity index (χ1) is 9.36. The van der Waals surface area contributed by atoms with Crippen molar-refractivity contribution in [2.45, 2.75) is 33.6 Å². The zero-order chi connectivity index (χ0) is 15.0. The summed E-state index contributed by atoms with van der Waals surface area (Å²) in [6.45, 7) is 7.63. The maximum atomic E-state index is 10.9. The Balaban J connectivity index is 2.83. The Morgan fingerprint density at radius 3 is 2.60 bits per heavy atom. The third kappa shape index (κ3) is 2.34. The number of rotatable bonds is 3. The second-order valence-electron chi connectivity index (χ2n) is 5.01. The second kappa shape index (κ2) is 5.33. The normalized spacial score (nSPS) is 12.2. The smallest absolute Gasteiger partial charge is 0.328 e. The van der Waals surface area contributed by atoms with Crippen molar-refractivity contribution < 1.29 is 14.3 Å². The quantitative estimate of drug-likeness (QED) is 0.665. The fraction of sp³-hybridized carbons (Fsp3) is 0.312. The summed E-state index contributed by atoms with van der Waals surface area (Å²) in [5, 5.41) is 9.91. The molecule has 0 saturated heterocycles. The summed E-state index contributed by atoms with van der Waals surface area (Å²) in [6, 6.07) is 1.97. The zero-order valence-electron chi connectivity index (χ0n) is 12.0. The summed E-state index contributed by atoms with van der Waals surface area (Å²) in [6.07, 6.45) is 1.22. The Morgan fingerprint density at radius 1 is 1.40 bits per heavy atom. The van der Waals surface area contributed by atoms with Crippen LogP contribution >= 0.6 is 11.6 Å². The van der Waals surface area contributed by atoms with E-state index in [1.165, 1.54) is 6.08 Å². The van der Waals surface area contributed by atoms with Crippen molar-refractivity contribution in [3.05, 3.63) is 40.2 Å². The lowest BCUT2D eigenvalue weighted by Crippen LogP contribution is -1.95. The number of aliphatic carboxylic acids is 1. The highest BCUT2D eigenvalue weighted by Crippen LogP contribution is 2.35. The average molecular weight is 293 g/mol. The van der Waals surface area contributed by atoms with E-state index >= 15 is 0 Å². The molecule has 0 fully saturated rings. The minimum atomic E-state index is -0.944. The maximum Gasteiger partial charge on any atom is 0.328 e. The lowest BCUT2D eigenvalue weighted by Gasteiger charge is -2.10. The molecule has 1 heterocycles. The van der Waals surface area contributed by atoms with E-state index in [0.717, 1.165) is 44.6 Å². The standard InChI is InChI=1S/C16H17ClO3/c1-8(6-14(18)19)12-5-9(2)16-15(10(12)3)13(7-17)11(4)20-16/h5-6H,7H2,1-4H3,(H,18,19)/b8-6-. The van der Waals surface area contributed by atoms with Crippen molar-refractivity contribution in [2.75, 3.05) is 0 Å². The SMILES string of the molecule is C/C(=C/C(=O)O)c1cc(C)c2oc(C)c(CCl)c2c1C. The topological polar surface area (TPSA) is 50.4 Å². The van der Waals surface area contributed by atoms with Crippen LogP contribution in [0.3, 0.4) is 0 Å². The van der Waals surface area contributed by atoms with Crippen molar-refractivity contribution in [2.24, 2.45) is 0 Å². The molecule has 4 heteroatoms. The summed E-state index contributed by atoms with van der Waals surface area (Å²) in [7, 11) is 0. The molecular weight excluding hydrogens is 276 g/mol. The molecule has 0 aliphatic rings. The van der Waals surface area contributed by atoms with Crippen LogP contribution in [0.1, 0.15) is 34.9 Å².